The van der Waals surface area contributed by atoms with E-state index in [-0.39, 0.29) is 5.56 Å². The van der Waals surface area contributed by atoms with Gasteiger partial charge < -0.3 is 15.2 Å². The second-order valence-corrected chi connectivity index (χ2v) is 3.04. The Kier molecular flexibility index (Phi) is 4.12. The van der Waals surface area contributed by atoms with Crippen LogP contribution >= 0.6 is 0 Å². The fourth-order valence-electron chi connectivity index (χ4n) is 1.11. The monoisotopic (exact) mass is 196 g/mol. The summed E-state index contributed by atoms with van der Waals surface area (Å²) in [5.74, 6) is 0.701. The van der Waals surface area contributed by atoms with Crippen molar-refractivity contribution in [2.45, 2.75) is 6.92 Å². The maximum atomic E-state index is 11.0. The first-order valence-corrected chi connectivity index (χ1v) is 4.70. The van der Waals surface area contributed by atoms with Crippen molar-refractivity contribution in [3.8, 4) is 0 Å². The third kappa shape index (κ3) is 3.18. The zero-order valence-electron chi connectivity index (χ0n) is 8.58. The highest BCUT2D eigenvalue weighted by atomic mass is 16.1. The summed E-state index contributed by atoms with van der Waals surface area (Å²) in [5, 5.41) is 3.21. The third-order valence-corrected chi connectivity index (χ3v) is 1.93. The number of hydrogen-bond donors (Lipinski definition) is 2. The lowest BCUT2D eigenvalue weighted by molar-refractivity contribution is 0.702. The molecule has 0 radical (unpaired) electrons. The first-order valence-electron chi connectivity index (χ1n) is 4.70. The molecule has 14 heavy (non-hydrogen) atoms. The second kappa shape index (κ2) is 5.39. The molecule has 0 bridgehead atoms. The van der Waals surface area contributed by atoms with E-state index in [4.69, 9.17) is 0 Å². The molecule has 0 unspecified atom stereocenters. The Hall–Kier alpha value is -1.36. The van der Waals surface area contributed by atoms with Gasteiger partial charge in [0.05, 0.1) is 6.33 Å². The van der Waals surface area contributed by atoms with Crippen LogP contribution in [0.3, 0.4) is 0 Å². The summed E-state index contributed by atoms with van der Waals surface area (Å²) in [4.78, 5) is 19.5. The van der Waals surface area contributed by atoms with Gasteiger partial charge in [0.2, 0.25) is 0 Å². The van der Waals surface area contributed by atoms with Gasteiger partial charge in [-0.2, -0.15) is 0 Å². The van der Waals surface area contributed by atoms with Crippen LogP contribution in [-0.4, -0.2) is 36.6 Å². The number of aromatic nitrogens is 2. The minimum absolute atomic E-state index is 0.120. The lowest BCUT2D eigenvalue weighted by Crippen LogP contribution is -2.30. The van der Waals surface area contributed by atoms with Crippen LogP contribution in [0, 0.1) is 0 Å². The summed E-state index contributed by atoms with van der Waals surface area (Å²) in [6.07, 6.45) is 1.42. The molecule has 1 rings (SSSR count). The molecule has 0 aliphatic heterocycles. The van der Waals surface area contributed by atoms with Crippen molar-refractivity contribution in [2.24, 2.45) is 0 Å². The number of rotatable bonds is 5. The predicted molar refractivity (Wildman–Crippen MR) is 56.7 cm³/mol. The topological polar surface area (TPSA) is 61.0 Å². The lowest BCUT2D eigenvalue weighted by atomic mass is 10.4. The van der Waals surface area contributed by atoms with Crippen molar-refractivity contribution in [1.29, 1.82) is 0 Å². The fourth-order valence-corrected chi connectivity index (χ4v) is 1.11. The molecule has 1 heterocycles. The maximum Gasteiger partial charge on any atom is 0.252 e. The molecule has 0 atom stereocenters. The number of aromatic amines is 1. The average Bonchev–Trinajstić information content (AvgIpc) is 2.18. The van der Waals surface area contributed by atoms with Crippen LogP contribution in [-0.2, 0) is 0 Å². The summed E-state index contributed by atoms with van der Waals surface area (Å²) in [5.41, 5.74) is -0.120. The minimum atomic E-state index is -0.120. The summed E-state index contributed by atoms with van der Waals surface area (Å²) in [7, 11) is 1.92. The van der Waals surface area contributed by atoms with E-state index in [1.165, 1.54) is 12.4 Å². The molecule has 0 fully saturated rings. The Bertz CT molecular complexity index is 323. The molecule has 0 amide bonds. The van der Waals surface area contributed by atoms with Crippen LogP contribution in [0.2, 0.25) is 0 Å². The van der Waals surface area contributed by atoms with E-state index < -0.39 is 0 Å². The molecule has 1 aromatic heterocycles. The van der Waals surface area contributed by atoms with Crippen molar-refractivity contribution in [3.05, 3.63) is 22.7 Å². The van der Waals surface area contributed by atoms with Crippen LogP contribution in [0.1, 0.15) is 6.92 Å². The highest BCUT2D eigenvalue weighted by Crippen LogP contribution is 2.01. The Morgan fingerprint density at radius 1 is 1.64 bits per heavy atom. The standard InChI is InChI=1S/C9H16N4O/c1-3-10-4-5-13(2)8-6-9(14)12-7-11-8/h6-7,10H,3-5H2,1-2H3,(H,11,12,14). The first kappa shape index (κ1) is 10.7. The fraction of sp³-hybridized carbons (Fsp3) is 0.556. The molecule has 0 aromatic carbocycles. The molecular formula is C9H16N4O. The number of hydrogen-bond acceptors (Lipinski definition) is 4. The van der Waals surface area contributed by atoms with Crippen LogP contribution in [0.4, 0.5) is 5.82 Å². The summed E-state index contributed by atoms with van der Waals surface area (Å²) in [6.45, 7) is 4.74. The molecule has 0 saturated carbocycles. The highest BCUT2D eigenvalue weighted by molar-refractivity contribution is 5.34. The molecule has 0 aliphatic carbocycles. The summed E-state index contributed by atoms with van der Waals surface area (Å²) < 4.78 is 0. The Morgan fingerprint density at radius 2 is 2.43 bits per heavy atom. The zero-order chi connectivity index (χ0) is 10.4. The Balaban J connectivity index is 2.51. The maximum absolute atomic E-state index is 11.0. The quantitative estimate of drug-likeness (QED) is 0.641. The number of likely N-dealkylation sites (N-methyl/N-ethyl adjacent to an activating group) is 2. The van der Waals surface area contributed by atoms with Gasteiger partial charge in [-0.15, -0.1) is 0 Å². The molecule has 0 saturated heterocycles. The lowest BCUT2D eigenvalue weighted by Gasteiger charge is -2.17. The number of H-pyrrole nitrogens is 1. The van der Waals surface area contributed by atoms with Gasteiger partial charge in [-0.3, -0.25) is 4.79 Å². The molecular weight excluding hydrogens is 180 g/mol. The van der Waals surface area contributed by atoms with E-state index in [0.29, 0.717) is 5.82 Å². The van der Waals surface area contributed by atoms with Gasteiger partial charge in [0.1, 0.15) is 5.82 Å². The molecule has 2 N–H and O–H groups in total. The average molecular weight is 196 g/mol. The zero-order valence-corrected chi connectivity index (χ0v) is 8.58. The summed E-state index contributed by atoms with van der Waals surface area (Å²) >= 11 is 0. The van der Waals surface area contributed by atoms with E-state index in [9.17, 15) is 4.79 Å². The van der Waals surface area contributed by atoms with Gasteiger partial charge in [0, 0.05) is 26.2 Å². The van der Waals surface area contributed by atoms with Gasteiger partial charge in [0.15, 0.2) is 0 Å². The largest absolute Gasteiger partial charge is 0.358 e. The highest BCUT2D eigenvalue weighted by Gasteiger charge is 2.01. The number of nitrogens with zero attached hydrogens (tertiary/aromatic N) is 2. The molecule has 78 valence electrons. The van der Waals surface area contributed by atoms with Gasteiger partial charge >= 0.3 is 0 Å². The predicted octanol–water partition coefficient (Wildman–Crippen LogP) is -0.184. The Labute approximate surface area is 83.2 Å². The van der Waals surface area contributed by atoms with E-state index in [0.717, 1.165) is 19.6 Å². The van der Waals surface area contributed by atoms with Crippen molar-refractivity contribution in [1.82, 2.24) is 15.3 Å². The Morgan fingerprint density at radius 3 is 3.07 bits per heavy atom. The normalized spacial score (nSPS) is 10.1. The molecule has 1 aromatic rings. The molecule has 0 spiro atoms. The summed E-state index contributed by atoms with van der Waals surface area (Å²) in [6, 6.07) is 1.49. The van der Waals surface area contributed by atoms with Gasteiger partial charge in [-0.1, -0.05) is 6.92 Å². The van der Waals surface area contributed by atoms with Crippen molar-refractivity contribution >= 4 is 5.82 Å². The second-order valence-electron chi connectivity index (χ2n) is 3.04. The van der Waals surface area contributed by atoms with Crippen LogP contribution in [0.25, 0.3) is 0 Å². The van der Waals surface area contributed by atoms with Crippen LogP contribution in [0.5, 0.6) is 0 Å². The van der Waals surface area contributed by atoms with Crippen molar-refractivity contribution in [2.75, 3.05) is 31.6 Å². The van der Waals surface area contributed by atoms with Gasteiger partial charge in [-0.25, -0.2) is 4.98 Å². The molecule has 5 nitrogen and oxygen atoms in total. The smallest absolute Gasteiger partial charge is 0.252 e. The number of anilines is 1. The van der Waals surface area contributed by atoms with E-state index in [1.807, 2.05) is 11.9 Å². The third-order valence-electron chi connectivity index (χ3n) is 1.93. The van der Waals surface area contributed by atoms with E-state index in [1.54, 1.807) is 0 Å². The van der Waals surface area contributed by atoms with Gasteiger partial charge in [0.25, 0.3) is 5.56 Å². The molecule has 0 aliphatic rings. The first-order chi connectivity index (χ1) is 6.74. The van der Waals surface area contributed by atoms with E-state index >= 15 is 0 Å². The number of nitrogens with one attached hydrogen (secondary N) is 2. The van der Waals surface area contributed by atoms with Crippen molar-refractivity contribution in [3.63, 3.8) is 0 Å². The van der Waals surface area contributed by atoms with Crippen LogP contribution < -0.4 is 15.8 Å². The van der Waals surface area contributed by atoms with E-state index in [2.05, 4.69) is 22.2 Å². The SMILES string of the molecule is CCNCCN(C)c1cc(=O)[nH]cn1. The molecule has 5 heteroatoms. The van der Waals surface area contributed by atoms with Crippen molar-refractivity contribution < 1.29 is 0 Å². The minimum Gasteiger partial charge on any atom is -0.358 e. The van der Waals surface area contributed by atoms with Crippen LogP contribution in [0.15, 0.2) is 17.2 Å². The van der Waals surface area contributed by atoms with Gasteiger partial charge in [-0.05, 0) is 6.54 Å².